The second-order valence-corrected chi connectivity index (χ2v) is 4.45. The van der Waals surface area contributed by atoms with E-state index in [0.717, 1.165) is 17.3 Å². The molecule has 0 atom stereocenters. The fraction of sp³-hybridized carbons (Fsp3) is 0.300. The van der Waals surface area contributed by atoms with Crippen LogP contribution >= 0.6 is 23.1 Å². The number of nitrogens with zero attached hydrogens (tertiary/aromatic N) is 1. The van der Waals surface area contributed by atoms with E-state index in [1.807, 2.05) is 26.1 Å². The van der Waals surface area contributed by atoms with Crippen LogP contribution in [-0.2, 0) is 6.54 Å². The molecule has 1 heterocycles. The van der Waals surface area contributed by atoms with Crippen molar-refractivity contribution in [1.82, 2.24) is 9.69 Å². The number of aryl methyl sites for hydroxylation is 1. The molecule has 1 aromatic carbocycles. The van der Waals surface area contributed by atoms with E-state index in [2.05, 4.69) is 9.69 Å². The molecule has 0 aliphatic rings. The second kappa shape index (κ2) is 3.85. The highest BCUT2D eigenvalue weighted by atomic mass is 35.5. The zero-order valence-electron chi connectivity index (χ0n) is 8.10. The molecule has 0 amide bonds. The van der Waals surface area contributed by atoms with Gasteiger partial charge in [0.15, 0.2) is 0 Å². The van der Waals surface area contributed by atoms with Crippen molar-refractivity contribution in [2.45, 2.75) is 13.5 Å². The number of hydrogen-bond acceptors (Lipinski definition) is 3. The Bertz CT molecular complexity index is 464. The van der Waals surface area contributed by atoms with Crippen molar-refractivity contribution in [3.8, 4) is 0 Å². The molecule has 0 unspecified atom stereocenters. The molecule has 2 aromatic rings. The highest BCUT2D eigenvalue weighted by molar-refractivity contribution is 7.13. The Hall–Kier alpha value is -0.640. The summed E-state index contributed by atoms with van der Waals surface area (Å²) >= 11 is 7.58. The van der Waals surface area contributed by atoms with Gasteiger partial charge in [0.05, 0.1) is 10.4 Å². The highest BCUT2D eigenvalue weighted by Crippen LogP contribution is 2.29. The molecule has 0 radical (unpaired) electrons. The number of benzene rings is 1. The lowest BCUT2D eigenvalue weighted by Crippen LogP contribution is -2.04. The largest absolute Gasteiger partial charge is 0.316 e. The van der Waals surface area contributed by atoms with Gasteiger partial charge in [0.25, 0.3) is 0 Å². The number of fused-ring (bicyclic) bond motifs is 1. The summed E-state index contributed by atoms with van der Waals surface area (Å²) in [6.45, 7) is 2.84. The number of rotatable bonds is 2. The van der Waals surface area contributed by atoms with E-state index in [9.17, 15) is 0 Å². The molecule has 0 fully saturated rings. The van der Waals surface area contributed by atoms with E-state index in [1.54, 1.807) is 11.5 Å². The summed E-state index contributed by atoms with van der Waals surface area (Å²) in [5, 5.41) is 5.09. The lowest BCUT2D eigenvalue weighted by Gasteiger charge is -2.02. The molecule has 4 heteroatoms. The molecular formula is C10H11ClN2S. The van der Waals surface area contributed by atoms with Gasteiger partial charge in [0.2, 0.25) is 0 Å². The molecule has 14 heavy (non-hydrogen) atoms. The van der Waals surface area contributed by atoms with Crippen molar-refractivity contribution >= 4 is 33.2 Å². The minimum Gasteiger partial charge on any atom is -0.316 e. The quantitative estimate of drug-likeness (QED) is 0.852. The zero-order valence-corrected chi connectivity index (χ0v) is 9.67. The summed E-state index contributed by atoms with van der Waals surface area (Å²) in [5.41, 5.74) is 2.28. The van der Waals surface area contributed by atoms with Gasteiger partial charge in [-0.15, -0.1) is 0 Å². The summed E-state index contributed by atoms with van der Waals surface area (Å²) in [4.78, 5) is 0. The van der Waals surface area contributed by atoms with Crippen LogP contribution in [-0.4, -0.2) is 11.4 Å². The third-order valence-corrected chi connectivity index (χ3v) is 3.41. The fourth-order valence-electron chi connectivity index (χ4n) is 1.51. The molecule has 0 aliphatic carbocycles. The Balaban J connectivity index is 2.68. The Kier molecular flexibility index (Phi) is 2.72. The van der Waals surface area contributed by atoms with Crippen LogP contribution in [0.2, 0.25) is 5.02 Å². The zero-order chi connectivity index (χ0) is 10.1. The van der Waals surface area contributed by atoms with Gasteiger partial charge < -0.3 is 5.32 Å². The van der Waals surface area contributed by atoms with Gasteiger partial charge in [0.1, 0.15) is 0 Å². The van der Waals surface area contributed by atoms with Crippen molar-refractivity contribution in [3.63, 3.8) is 0 Å². The van der Waals surface area contributed by atoms with Crippen LogP contribution in [0.15, 0.2) is 12.1 Å². The first-order chi connectivity index (χ1) is 6.72. The minimum absolute atomic E-state index is 0.783. The van der Waals surface area contributed by atoms with Crippen LogP contribution in [0.3, 0.4) is 0 Å². The number of halogens is 1. The average molecular weight is 227 g/mol. The van der Waals surface area contributed by atoms with Crippen molar-refractivity contribution < 1.29 is 0 Å². The van der Waals surface area contributed by atoms with Crippen molar-refractivity contribution in [1.29, 1.82) is 0 Å². The Morgan fingerprint density at radius 3 is 3.00 bits per heavy atom. The van der Waals surface area contributed by atoms with Crippen LogP contribution < -0.4 is 5.32 Å². The van der Waals surface area contributed by atoms with E-state index in [1.165, 1.54) is 15.6 Å². The highest BCUT2D eigenvalue weighted by Gasteiger charge is 2.07. The maximum absolute atomic E-state index is 6.04. The predicted molar refractivity (Wildman–Crippen MR) is 62.1 cm³/mol. The van der Waals surface area contributed by atoms with Crippen molar-refractivity contribution in [3.05, 3.63) is 28.4 Å². The first-order valence-electron chi connectivity index (χ1n) is 4.41. The van der Waals surface area contributed by atoms with Crippen molar-refractivity contribution in [2.24, 2.45) is 0 Å². The lowest BCUT2D eigenvalue weighted by molar-refractivity contribution is 0.825. The van der Waals surface area contributed by atoms with Crippen LogP contribution in [0.1, 0.15) is 11.3 Å². The topological polar surface area (TPSA) is 24.9 Å². The third kappa shape index (κ3) is 1.63. The predicted octanol–water partition coefficient (Wildman–Crippen LogP) is 2.98. The third-order valence-electron chi connectivity index (χ3n) is 2.16. The molecule has 74 valence electrons. The Morgan fingerprint density at radius 2 is 2.29 bits per heavy atom. The monoisotopic (exact) mass is 226 g/mol. The molecule has 1 aromatic heterocycles. The Labute approximate surface area is 92.1 Å². The summed E-state index contributed by atoms with van der Waals surface area (Å²) in [7, 11) is 1.93. The van der Waals surface area contributed by atoms with Crippen molar-refractivity contribution in [2.75, 3.05) is 7.05 Å². The number of aromatic nitrogens is 1. The van der Waals surface area contributed by atoms with Gasteiger partial charge in [0, 0.05) is 17.0 Å². The number of nitrogens with one attached hydrogen (secondary N) is 1. The van der Waals surface area contributed by atoms with E-state index >= 15 is 0 Å². The molecule has 2 rings (SSSR count). The standard InChI is InChI=1S/C10H11ClN2S/c1-6-9-4-8(11)3-7(5-12-2)10(9)14-13-6/h3-4,12H,5H2,1-2H3. The van der Waals surface area contributed by atoms with Gasteiger partial charge in [-0.2, -0.15) is 4.37 Å². The summed E-state index contributed by atoms with van der Waals surface area (Å²) in [6.07, 6.45) is 0. The van der Waals surface area contributed by atoms with E-state index < -0.39 is 0 Å². The second-order valence-electron chi connectivity index (χ2n) is 3.24. The SMILES string of the molecule is CNCc1cc(Cl)cc2c(C)nsc12. The van der Waals surface area contributed by atoms with Gasteiger partial charge >= 0.3 is 0 Å². The smallest absolute Gasteiger partial charge is 0.0598 e. The van der Waals surface area contributed by atoms with Crippen LogP contribution in [0, 0.1) is 6.92 Å². The van der Waals surface area contributed by atoms with Crippen LogP contribution in [0.5, 0.6) is 0 Å². The molecular weight excluding hydrogens is 216 g/mol. The molecule has 0 saturated carbocycles. The summed E-state index contributed by atoms with van der Waals surface area (Å²) < 4.78 is 5.57. The van der Waals surface area contributed by atoms with E-state index in [-0.39, 0.29) is 0 Å². The van der Waals surface area contributed by atoms with Crippen LogP contribution in [0.4, 0.5) is 0 Å². The minimum atomic E-state index is 0.783. The van der Waals surface area contributed by atoms with Crippen LogP contribution in [0.25, 0.3) is 10.1 Å². The molecule has 1 N–H and O–H groups in total. The molecule has 0 bridgehead atoms. The normalized spacial score (nSPS) is 11.1. The first-order valence-corrected chi connectivity index (χ1v) is 5.56. The number of hydrogen-bond donors (Lipinski definition) is 1. The molecule has 0 saturated heterocycles. The van der Waals surface area contributed by atoms with Gasteiger partial charge in [-0.05, 0) is 43.2 Å². The molecule has 0 aliphatic heterocycles. The van der Waals surface area contributed by atoms with Gasteiger partial charge in [-0.25, -0.2) is 0 Å². The van der Waals surface area contributed by atoms with Gasteiger partial charge in [-0.1, -0.05) is 11.6 Å². The van der Waals surface area contributed by atoms with E-state index in [0.29, 0.717) is 0 Å². The maximum Gasteiger partial charge on any atom is 0.0598 e. The summed E-state index contributed by atoms with van der Waals surface area (Å²) in [5.74, 6) is 0. The van der Waals surface area contributed by atoms with Gasteiger partial charge in [-0.3, -0.25) is 0 Å². The molecule has 0 spiro atoms. The lowest BCUT2D eigenvalue weighted by atomic mass is 10.1. The maximum atomic E-state index is 6.04. The average Bonchev–Trinajstić information content (AvgIpc) is 2.49. The Morgan fingerprint density at radius 1 is 1.50 bits per heavy atom. The first kappa shape index (κ1) is 9.90. The molecule has 2 nitrogen and oxygen atoms in total. The summed E-state index contributed by atoms with van der Waals surface area (Å²) in [6, 6.07) is 3.98. The fourth-order valence-corrected chi connectivity index (χ4v) is 2.63. The van der Waals surface area contributed by atoms with E-state index in [4.69, 9.17) is 11.6 Å².